The first-order valence-electron chi connectivity index (χ1n) is 5.00. The summed E-state index contributed by atoms with van der Waals surface area (Å²) in [6, 6.07) is 4.17. The Balaban J connectivity index is 2.02. The highest BCUT2D eigenvalue weighted by Gasteiger charge is 2.49. The van der Waals surface area contributed by atoms with Crippen molar-refractivity contribution in [1.29, 1.82) is 0 Å². The fraction of sp³-hybridized carbons (Fsp3) is 0.364. The van der Waals surface area contributed by atoms with Crippen LogP contribution in [0.1, 0.15) is 19.3 Å². The summed E-state index contributed by atoms with van der Waals surface area (Å²) in [6.45, 7) is 0. The van der Waals surface area contributed by atoms with Crippen molar-refractivity contribution in [3.63, 3.8) is 0 Å². The number of ether oxygens (including phenoxy) is 1. The highest BCUT2D eigenvalue weighted by Crippen LogP contribution is 2.43. The normalized spacial score (nSPS) is 21.3. The summed E-state index contributed by atoms with van der Waals surface area (Å²) in [5, 5.41) is 2.69. The van der Waals surface area contributed by atoms with Crippen LogP contribution in [0.5, 0.6) is 5.75 Å². The number of benzene rings is 1. The third-order valence-electron chi connectivity index (χ3n) is 3.07. The third kappa shape index (κ3) is 1.14. The summed E-state index contributed by atoms with van der Waals surface area (Å²) in [5.41, 5.74) is -0.248. The largest absolute Gasteiger partial charge is 0.475 e. The van der Waals surface area contributed by atoms with Crippen LogP contribution >= 0.6 is 0 Å². The van der Waals surface area contributed by atoms with Crippen molar-refractivity contribution in [2.45, 2.75) is 24.9 Å². The minimum Gasteiger partial charge on any atom is -0.475 e. The van der Waals surface area contributed by atoms with Crippen molar-refractivity contribution in [2.24, 2.45) is 0 Å². The molecule has 78 valence electrons. The summed E-state index contributed by atoms with van der Waals surface area (Å²) in [4.78, 5) is 11.7. The van der Waals surface area contributed by atoms with Crippen molar-refractivity contribution in [3.8, 4) is 5.75 Å². The molecule has 0 bridgehead atoms. The Morgan fingerprint density at radius 1 is 1.40 bits per heavy atom. The van der Waals surface area contributed by atoms with Crippen LogP contribution in [0.4, 0.5) is 10.1 Å². The first-order valence-corrected chi connectivity index (χ1v) is 5.00. The van der Waals surface area contributed by atoms with Crippen LogP contribution in [-0.2, 0) is 4.79 Å². The Hall–Kier alpha value is -1.58. The molecule has 0 saturated heterocycles. The number of carbonyl (C=O) groups is 1. The number of carbonyl (C=O) groups excluding carboxylic acids is 1. The van der Waals surface area contributed by atoms with Crippen molar-refractivity contribution in [2.75, 3.05) is 5.32 Å². The van der Waals surface area contributed by atoms with E-state index < -0.39 is 5.60 Å². The van der Waals surface area contributed by atoms with Crippen LogP contribution in [0.2, 0.25) is 0 Å². The van der Waals surface area contributed by atoms with E-state index in [1.165, 1.54) is 12.1 Å². The molecule has 1 fully saturated rings. The summed E-state index contributed by atoms with van der Waals surface area (Å²) in [7, 11) is 0. The van der Waals surface area contributed by atoms with Crippen LogP contribution in [0.3, 0.4) is 0 Å². The van der Waals surface area contributed by atoms with Crippen LogP contribution < -0.4 is 10.1 Å². The van der Waals surface area contributed by atoms with Gasteiger partial charge in [-0.15, -0.1) is 0 Å². The summed E-state index contributed by atoms with van der Waals surface area (Å²) in [5.74, 6) is 0.0461. The van der Waals surface area contributed by atoms with Crippen molar-refractivity contribution in [3.05, 3.63) is 24.0 Å². The molecule has 15 heavy (non-hydrogen) atoms. The molecule has 3 nitrogen and oxygen atoms in total. The lowest BCUT2D eigenvalue weighted by Crippen LogP contribution is -2.55. The van der Waals surface area contributed by atoms with E-state index in [0.717, 1.165) is 19.3 Å². The van der Waals surface area contributed by atoms with Gasteiger partial charge in [0, 0.05) is 6.07 Å². The Labute approximate surface area is 86.2 Å². The fourth-order valence-corrected chi connectivity index (χ4v) is 2.01. The highest BCUT2D eigenvalue weighted by molar-refractivity contribution is 6.01. The zero-order valence-corrected chi connectivity index (χ0v) is 8.05. The van der Waals surface area contributed by atoms with E-state index in [1.807, 2.05) is 0 Å². The van der Waals surface area contributed by atoms with Gasteiger partial charge in [-0.05, 0) is 31.4 Å². The van der Waals surface area contributed by atoms with Gasteiger partial charge in [-0.25, -0.2) is 4.39 Å². The number of nitrogens with one attached hydrogen (secondary N) is 1. The molecule has 1 amide bonds. The average molecular weight is 207 g/mol. The van der Waals surface area contributed by atoms with Gasteiger partial charge < -0.3 is 10.1 Å². The van der Waals surface area contributed by atoms with E-state index in [-0.39, 0.29) is 11.7 Å². The predicted octanol–water partition coefficient (Wildman–Crippen LogP) is 2.08. The van der Waals surface area contributed by atoms with Gasteiger partial charge >= 0.3 is 0 Å². The standard InChI is InChI=1S/C11H10FNO2/c12-7-2-3-9-8(6-7)13-10(14)11(15-9)4-1-5-11/h2-3,6H,1,4-5H2,(H,13,14). The number of halogens is 1. The zero-order valence-electron chi connectivity index (χ0n) is 8.05. The van der Waals surface area contributed by atoms with Crippen molar-refractivity contribution >= 4 is 11.6 Å². The zero-order chi connectivity index (χ0) is 10.5. The Bertz CT molecular complexity index is 440. The van der Waals surface area contributed by atoms with E-state index in [9.17, 15) is 9.18 Å². The number of hydrogen-bond donors (Lipinski definition) is 1. The second-order valence-electron chi connectivity index (χ2n) is 4.04. The maximum atomic E-state index is 12.9. The molecule has 1 spiro atoms. The fourth-order valence-electron chi connectivity index (χ4n) is 2.01. The molecule has 1 heterocycles. The minimum absolute atomic E-state index is 0.146. The molecule has 1 aliphatic carbocycles. The number of rotatable bonds is 0. The van der Waals surface area contributed by atoms with Gasteiger partial charge in [-0.3, -0.25) is 4.79 Å². The molecule has 2 aliphatic rings. The molecule has 3 rings (SSSR count). The SMILES string of the molecule is O=C1Nc2cc(F)ccc2OC12CCC2. The molecule has 1 N–H and O–H groups in total. The molecule has 1 aromatic carbocycles. The number of anilines is 1. The molecule has 4 heteroatoms. The van der Waals surface area contributed by atoms with Crippen LogP contribution in [0, 0.1) is 5.82 Å². The van der Waals surface area contributed by atoms with Gasteiger partial charge in [0.1, 0.15) is 11.6 Å². The smallest absolute Gasteiger partial charge is 0.268 e. The maximum absolute atomic E-state index is 12.9. The summed E-state index contributed by atoms with van der Waals surface area (Å²) >= 11 is 0. The van der Waals surface area contributed by atoms with Gasteiger partial charge in [0.25, 0.3) is 5.91 Å². The van der Waals surface area contributed by atoms with E-state index in [2.05, 4.69) is 5.32 Å². The van der Waals surface area contributed by atoms with Gasteiger partial charge in [0.2, 0.25) is 0 Å². The molecular formula is C11H10FNO2. The molecule has 0 atom stereocenters. The maximum Gasteiger partial charge on any atom is 0.268 e. The lowest BCUT2D eigenvalue weighted by molar-refractivity contribution is -0.139. The molecule has 0 radical (unpaired) electrons. The lowest BCUT2D eigenvalue weighted by Gasteiger charge is -2.43. The molecule has 1 aliphatic heterocycles. The molecule has 0 aromatic heterocycles. The second kappa shape index (κ2) is 2.72. The van der Waals surface area contributed by atoms with Crippen LogP contribution in [-0.4, -0.2) is 11.5 Å². The van der Waals surface area contributed by atoms with Gasteiger partial charge in [0.15, 0.2) is 5.60 Å². The van der Waals surface area contributed by atoms with Gasteiger partial charge in [-0.1, -0.05) is 0 Å². The van der Waals surface area contributed by atoms with E-state index in [4.69, 9.17) is 4.74 Å². The highest BCUT2D eigenvalue weighted by atomic mass is 19.1. The van der Waals surface area contributed by atoms with E-state index in [1.54, 1.807) is 6.07 Å². The van der Waals surface area contributed by atoms with E-state index in [0.29, 0.717) is 11.4 Å². The first kappa shape index (κ1) is 8.71. The Morgan fingerprint density at radius 2 is 2.20 bits per heavy atom. The van der Waals surface area contributed by atoms with Crippen molar-refractivity contribution in [1.82, 2.24) is 0 Å². The van der Waals surface area contributed by atoms with Crippen LogP contribution in [0.25, 0.3) is 0 Å². The van der Waals surface area contributed by atoms with Crippen LogP contribution in [0.15, 0.2) is 18.2 Å². The monoisotopic (exact) mass is 207 g/mol. The first-order chi connectivity index (χ1) is 7.20. The van der Waals surface area contributed by atoms with Gasteiger partial charge in [-0.2, -0.15) is 0 Å². The second-order valence-corrected chi connectivity index (χ2v) is 4.04. The van der Waals surface area contributed by atoms with Crippen molar-refractivity contribution < 1.29 is 13.9 Å². The minimum atomic E-state index is -0.676. The Kier molecular flexibility index (Phi) is 1.58. The quantitative estimate of drug-likeness (QED) is 0.707. The topological polar surface area (TPSA) is 38.3 Å². The Morgan fingerprint density at radius 3 is 2.87 bits per heavy atom. The molecular weight excluding hydrogens is 197 g/mol. The molecule has 1 aromatic rings. The van der Waals surface area contributed by atoms with Gasteiger partial charge in [0.05, 0.1) is 5.69 Å². The number of hydrogen-bond acceptors (Lipinski definition) is 2. The van der Waals surface area contributed by atoms with E-state index >= 15 is 0 Å². The summed E-state index contributed by atoms with van der Waals surface area (Å²) < 4.78 is 18.5. The number of fused-ring (bicyclic) bond motifs is 1. The lowest BCUT2D eigenvalue weighted by atomic mass is 9.78. The predicted molar refractivity (Wildman–Crippen MR) is 52.2 cm³/mol. The summed E-state index contributed by atoms with van der Waals surface area (Å²) in [6.07, 6.45) is 2.50. The average Bonchev–Trinajstić information content (AvgIpc) is 2.14. The molecule has 0 unspecified atom stereocenters. The molecule has 1 saturated carbocycles. The number of amides is 1. The third-order valence-corrected chi connectivity index (χ3v) is 3.07.